The summed E-state index contributed by atoms with van der Waals surface area (Å²) in [6, 6.07) is 16.0. The van der Waals surface area contributed by atoms with Gasteiger partial charge in [0, 0.05) is 23.2 Å². The summed E-state index contributed by atoms with van der Waals surface area (Å²) in [5.74, 6) is 0. The molecule has 3 rings (SSSR count). The Balaban J connectivity index is 1.68. The van der Waals surface area contributed by atoms with Gasteiger partial charge in [0.2, 0.25) is 0 Å². The van der Waals surface area contributed by atoms with Crippen LogP contribution in [0.15, 0.2) is 63.2 Å². The van der Waals surface area contributed by atoms with Crippen LogP contribution >= 0.6 is 15.9 Å². The highest BCUT2D eigenvalue weighted by Gasteiger charge is 2.22. The Labute approximate surface area is 145 Å². The number of ether oxygens (including phenoxy) is 1. The minimum absolute atomic E-state index is 0.260. The Morgan fingerprint density at radius 3 is 1.87 bits per heavy atom. The Hall–Kier alpha value is -1.72. The van der Waals surface area contributed by atoms with E-state index in [9.17, 15) is 0 Å². The van der Waals surface area contributed by atoms with Crippen molar-refractivity contribution in [2.45, 2.75) is 26.1 Å². The molecule has 0 radical (unpaired) electrons. The van der Waals surface area contributed by atoms with E-state index in [-0.39, 0.29) is 12.2 Å². The number of halogens is 1. The fourth-order valence-electron chi connectivity index (χ4n) is 2.74. The first-order chi connectivity index (χ1) is 11.1. The summed E-state index contributed by atoms with van der Waals surface area (Å²) in [7, 11) is 0. The van der Waals surface area contributed by atoms with Crippen LogP contribution in [0.25, 0.3) is 0 Å². The molecule has 0 aromatic heterocycles. The lowest BCUT2D eigenvalue weighted by molar-refractivity contribution is -0.00521. The van der Waals surface area contributed by atoms with Crippen molar-refractivity contribution >= 4 is 33.0 Å². The summed E-state index contributed by atoms with van der Waals surface area (Å²) in [4.78, 5) is 2.36. The minimum Gasteiger partial charge on any atom is -0.372 e. The molecule has 0 amide bonds. The minimum atomic E-state index is 0.260. The molecule has 0 N–H and O–H groups in total. The fraction of sp³-hybridized carbons (Fsp3) is 0.333. The van der Waals surface area contributed by atoms with Gasteiger partial charge in [-0.25, -0.2) is 0 Å². The molecule has 0 aliphatic carbocycles. The van der Waals surface area contributed by atoms with Crippen LogP contribution in [0.2, 0.25) is 0 Å². The lowest BCUT2D eigenvalue weighted by Gasteiger charge is -2.36. The predicted octanol–water partition coefficient (Wildman–Crippen LogP) is 5.48. The van der Waals surface area contributed by atoms with E-state index < -0.39 is 0 Å². The van der Waals surface area contributed by atoms with Crippen LogP contribution in [0.4, 0.5) is 17.1 Å². The smallest absolute Gasteiger partial charge is 0.0858 e. The van der Waals surface area contributed by atoms with Crippen LogP contribution in [0.5, 0.6) is 0 Å². The monoisotopic (exact) mass is 373 g/mol. The van der Waals surface area contributed by atoms with Crippen molar-refractivity contribution in [3.63, 3.8) is 0 Å². The third kappa shape index (κ3) is 4.39. The maximum absolute atomic E-state index is 5.78. The van der Waals surface area contributed by atoms with Gasteiger partial charge in [-0.15, -0.1) is 0 Å². The first kappa shape index (κ1) is 16.1. The molecule has 1 aliphatic rings. The summed E-state index contributed by atoms with van der Waals surface area (Å²) in [5.41, 5.74) is 2.90. The predicted molar refractivity (Wildman–Crippen MR) is 97.0 cm³/mol. The van der Waals surface area contributed by atoms with Crippen molar-refractivity contribution in [3.05, 3.63) is 53.0 Å². The van der Waals surface area contributed by atoms with Crippen LogP contribution in [-0.2, 0) is 4.74 Å². The van der Waals surface area contributed by atoms with Gasteiger partial charge in [0.1, 0.15) is 0 Å². The van der Waals surface area contributed by atoms with E-state index in [1.807, 2.05) is 36.4 Å². The average Bonchev–Trinajstić information content (AvgIpc) is 2.54. The number of hydrogen-bond donors (Lipinski definition) is 0. The zero-order valence-electron chi connectivity index (χ0n) is 13.3. The van der Waals surface area contributed by atoms with Crippen LogP contribution < -0.4 is 4.90 Å². The van der Waals surface area contributed by atoms with Gasteiger partial charge in [-0.05, 0) is 62.4 Å². The van der Waals surface area contributed by atoms with E-state index >= 15 is 0 Å². The molecule has 0 saturated carbocycles. The molecule has 5 heteroatoms. The SMILES string of the molecule is CC1CN(c2ccc(N=Nc3ccc(Br)cc3)cc2)CC(C)O1. The van der Waals surface area contributed by atoms with Gasteiger partial charge in [-0.3, -0.25) is 0 Å². The Kier molecular flexibility index (Phi) is 5.08. The van der Waals surface area contributed by atoms with E-state index in [2.05, 4.69) is 57.0 Å². The maximum Gasteiger partial charge on any atom is 0.0858 e. The second-order valence-corrected chi connectivity index (χ2v) is 6.77. The first-order valence-corrected chi connectivity index (χ1v) is 8.57. The molecule has 1 fully saturated rings. The van der Waals surface area contributed by atoms with Crippen molar-refractivity contribution in [1.29, 1.82) is 0 Å². The molecule has 1 heterocycles. The number of rotatable bonds is 3. The highest BCUT2D eigenvalue weighted by molar-refractivity contribution is 9.10. The van der Waals surface area contributed by atoms with Crippen molar-refractivity contribution in [1.82, 2.24) is 0 Å². The van der Waals surface area contributed by atoms with E-state index in [1.165, 1.54) is 5.69 Å². The molecular weight excluding hydrogens is 354 g/mol. The van der Waals surface area contributed by atoms with Crippen LogP contribution in [0, 0.1) is 0 Å². The molecule has 2 aromatic rings. The fourth-order valence-corrected chi connectivity index (χ4v) is 3.01. The molecule has 0 spiro atoms. The van der Waals surface area contributed by atoms with Crippen LogP contribution in [0.3, 0.4) is 0 Å². The molecule has 2 unspecified atom stereocenters. The number of hydrogen-bond acceptors (Lipinski definition) is 4. The highest BCUT2D eigenvalue weighted by atomic mass is 79.9. The zero-order chi connectivity index (χ0) is 16.2. The summed E-state index contributed by atoms with van der Waals surface area (Å²) >= 11 is 3.41. The molecule has 2 aromatic carbocycles. The number of anilines is 1. The summed E-state index contributed by atoms with van der Waals surface area (Å²) in [5, 5.41) is 8.54. The number of morpholine rings is 1. The first-order valence-electron chi connectivity index (χ1n) is 7.78. The van der Waals surface area contributed by atoms with E-state index in [0.717, 1.165) is 28.9 Å². The third-order valence-corrected chi connectivity index (χ3v) is 4.27. The summed E-state index contributed by atoms with van der Waals surface area (Å²) in [6.07, 6.45) is 0.519. The van der Waals surface area contributed by atoms with E-state index in [0.29, 0.717) is 0 Å². The van der Waals surface area contributed by atoms with Gasteiger partial charge in [0.15, 0.2) is 0 Å². The van der Waals surface area contributed by atoms with Crippen LogP contribution in [0.1, 0.15) is 13.8 Å². The second-order valence-electron chi connectivity index (χ2n) is 5.86. The molecule has 2 atom stereocenters. The van der Waals surface area contributed by atoms with Gasteiger partial charge >= 0.3 is 0 Å². The maximum atomic E-state index is 5.78. The van der Waals surface area contributed by atoms with Gasteiger partial charge < -0.3 is 9.64 Å². The van der Waals surface area contributed by atoms with Crippen molar-refractivity contribution in [3.8, 4) is 0 Å². The molecule has 0 bridgehead atoms. The number of nitrogens with zero attached hydrogens (tertiary/aromatic N) is 3. The Bertz CT molecular complexity index is 660. The van der Waals surface area contributed by atoms with Crippen molar-refractivity contribution < 1.29 is 4.74 Å². The zero-order valence-corrected chi connectivity index (χ0v) is 14.9. The van der Waals surface area contributed by atoms with Crippen LogP contribution in [-0.4, -0.2) is 25.3 Å². The topological polar surface area (TPSA) is 37.2 Å². The quantitative estimate of drug-likeness (QED) is 0.668. The lowest BCUT2D eigenvalue weighted by atomic mass is 10.2. The third-order valence-electron chi connectivity index (χ3n) is 3.74. The average molecular weight is 374 g/mol. The lowest BCUT2D eigenvalue weighted by Crippen LogP contribution is -2.45. The molecule has 120 valence electrons. The molecule has 4 nitrogen and oxygen atoms in total. The van der Waals surface area contributed by atoms with E-state index in [4.69, 9.17) is 4.74 Å². The van der Waals surface area contributed by atoms with Crippen molar-refractivity contribution in [2.24, 2.45) is 10.2 Å². The Morgan fingerprint density at radius 2 is 1.35 bits per heavy atom. The van der Waals surface area contributed by atoms with Gasteiger partial charge in [0.25, 0.3) is 0 Å². The van der Waals surface area contributed by atoms with Gasteiger partial charge in [-0.1, -0.05) is 15.9 Å². The van der Waals surface area contributed by atoms with Crippen molar-refractivity contribution in [2.75, 3.05) is 18.0 Å². The summed E-state index contributed by atoms with van der Waals surface area (Å²) in [6.45, 7) is 6.07. The number of benzene rings is 2. The van der Waals surface area contributed by atoms with Gasteiger partial charge in [-0.2, -0.15) is 10.2 Å². The molecule has 1 aliphatic heterocycles. The second kappa shape index (κ2) is 7.23. The highest BCUT2D eigenvalue weighted by Crippen LogP contribution is 2.25. The molecule has 1 saturated heterocycles. The number of azo groups is 1. The van der Waals surface area contributed by atoms with E-state index in [1.54, 1.807) is 0 Å². The standard InChI is InChI=1S/C18H20BrN3O/c1-13-11-22(12-14(2)23-13)18-9-7-17(8-10-18)21-20-16-5-3-15(19)4-6-16/h3-10,13-14H,11-12H2,1-2H3. The largest absolute Gasteiger partial charge is 0.372 e. The normalized spacial score (nSPS) is 21.8. The summed E-state index contributed by atoms with van der Waals surface area (Å²) < 4.78 is 6.82. The Morgan fingerprint density at radius 1 is 0.870 bits per heavy atom. The van der Waals surface area contributed by atoms with Gasteiger partial charge in [0.05, 0.1) is 23.6 Å². The molecular formula is C18H20BrN3O. The molecule has 23 heavy (non-hydrogen) atoms.